The molecule has 60 valence electrons. The summed E-state index contributed by atoms with van der Waals surface area (Å²) in [5.41, 5.74) is 0. The van der Waals surface area contributed by atoms with Gasteiger partial charge in [-0.05, 0) is 18.7 Å². The highest BCUT2D eigenvalue weighted by Crippen LogP contribution is 2.03. The van der Waals surface area contributed by atoms with Gasteiger partial charge in [-0.3, -0.25) is 0 Å². The molecule has 0 aliphatic heterocycles. The molecule has 0 aromatic rings. The normalized spacial score (nSPS) is 9.70. The van der Waals surface area contributed by atoms with Gasteiger partial charge in [0.2, 0.25) is 0 Å². The molecule has 2 nitrogen and oxygen atoms in total. The lowest BCUT2D eigenvalue weighted by atomic mass is 10.1. The van der Waals surface area contributed by atoms with E-state index in [2.05, 4.69) is 6.92 Å². The van der Waals surface area contributed by atoms with Gasteiger partial charge in [-0.25, -0.2) is 0 Å². The van der Waals surface area contributed by atoms with Crippen molar-refractivity contribution in [2.45, 2.75) is 45.4 Å². The molecule has 0 amide bonds. The maximum absolute atomic E-state index is 10.1. The predicted octanol–water partition coefficient (Wildman–Crippen LogP) is 1.68. The number of nitrogens with one attached hydrogen (secondary N) is 1. The van der Waals surface area contributed by atoms with Crippen LogP contribution in [0.3, 0.4) is 0 Å². The summed E-state index contributed by atoms with van der Waals surface area (Å²) in [5, 5.41) is 16.8. The number of rotatable bonds is 6. The summed E-state index contributed by atoms with van der Waals surface area (Å²) in [6.45, 7) is 2.16. The molecule has 2 heteroatoms. The molecule has 0 fully saturated rings. The Hall–Kier alpha value is -0.530. The molecule has 0 spiro atoms. The van der Waals surface area contributed by atoms with Crippen molar-refractivity contribution in [2.75, 3.05) is 0 Å². The fourth-order valence-corrected chi connectivity index (χ4v) is 0.889. The Bertz CT molecular complexity index is 91.3. The van der Waals surface area contributed by atoms with E-state index in [1.54, 1.807) is 0 Å². The molecule has 0 unspecified atom stereocenters. The van der Waals surface area contributed by atoms with Gasteiger partial charge in [-0.1, -0.05) is 32.6 Å². The highest BCUT2D eigenvalue weighted by Gasteiger charge is 1.86. The zero-order valence-electron chi connectivity index (χ0n) is 6.65. The standard InChI is InChI=1S/C8H17NO/c1-2-3-4-5-6-7-8(9)10/h2-7H2,1H3,(H2,9,10)/p-1. The van der Waals surface area contributed by atoms with Crippen LogP contribution >= 0.6 is 0 Å². The summed E-state index contributed by atoms with van der Waals surface area (Å²) in [4.78, 5) is 0. The fourth-order valence-electron chi connectivity index (χ4n) is 0.889. The summed E-state index contributed by atoms with van der Waals surface area (Å²) in [7, 11) is 0. The van der Waals surface area contributed by atoms with Crippen molar-refractivity contribution in [3.05, 3.63) is 0 Å². The van der Waals surface area contributed by atoms with E-state index in [9.17, 15) is 5.11 Å². The van der Waals surface area contributed by atoms with Crippen molar-refractivity contribution < 1.29 is 5.11 Å². The zero-order chi connectivity index (χ0) is 7.82. The number of hydrogen-bond acceptors (Lipinski definition) is 2. The molecule has 0 atom stereocenters. The van der Waals surface area contributed by atoms with Crippen LogP contribution in [0.1, 0.15) is 45.4 Å². The molecular weight excluding hydrogens is 126 g/mol. The van der Waals surface area contributed by atoms with Crippen LogP contribution in [0.2, 0.25) is 0 Å². The van der Waals surface area contributed by atoms with E-state index < -0.39 is 5.90 Å². The van der Waals surface area contributed by atoms with E-state index in [0.29, 0.717) is 6.42 Å². The van der Waals surface area contributed by atoms with Crippen LogP contribution in [-0.4, -0.2) is 5.90 Å². The van der Waals surface area contributed by atoms with Gasteiger partial charge in [0.1, 0.15) is 0 Å². The third kappa shape index (κ3) is 7.47. The molecule has 0 aromatic heterocycles. The fraction of sp³-hybridized carbons (Fsp3) is 0.875. The van der Waals surface area contributed by atoms with Gasteiger partial charge in [0.05, 0.1) is 0 Å². The summed E-state index contributed by atoms with van der Waals surface area (Å²) < 4.78 is 0. The highest BCUT2D eigenvalue weighted by molar-refractivity contribution is 5.67. The molecule has 0 radical (unpaired) electrons. The Morgan fingerprint density at radius 1 is 1.20 bits per heavy atom. The van der Waals surface area contributed by atoms with E-state index in [-0.39, 0.29) is 0 Å². The molecule has 0 heterocycles. The van der Waals surface area contributed by atoms with Crippen molar-refractivity contribution >= 4 is 5.90 Å². The average Bonchev–Trinajstić information content (AvgIpc) is 1.87. The highest BCUT2D eigenvalue weighted by atomic mass is 16.3. The molecule has 0 saturated carbocycles. The van der Waals surface area contributed by atoms with Crippen LogP contribution in [0.15, 0.2) is 0 Å². The maximum Gasteiger partial charge on any atom is -0.0254 e. The Kier molecular flexibility index (Phi) is 6.24. The number of unbranched alkanes of at least 4 members (excludes halogenated alkanes) is 4. The second kappa shape index (κ2) is 6.59. The van der Waals surface area contributed by atoms with Crippen LogP contribution in [0, 0.1) is 5.41 Å². The molecule has 0 bridgehead atoms. The Morgan fingerprint density at radius 3 is 2.30 bits per heavy atom. The second-order valence-corrected chi connectivity index (χ2v) is 2.59. The minimum atomic E-state index is -0.420. The third-order valence-corrected chi connectivity index (χ3v) is 1.51. The van der Waals surface area contributed by atoms with Crippen molar-refractivity contribution in [1.82, 2.24) is 0 Å². The lowest BCUT2D eigenvalue weighted by Gasteiger charge is -2.05. The Labute approximate surface area is 62.8 Å². The smallest absolute Gasteiger partial charge is 0.0254 e. The first-order valence-electron chi connectivity index (χ1n) is 4.01. The second-order valence-electron chi connectivity index (χ2n) is 2.59. The van der Waals surface area contributed by atoms with E-state index in [1.807, 2.05) is 0 Å². The van der Waals surface area contributed by atoms with Crippen LogP contribution in [0.5, 0.6) is 0 Å². The Morgan fingerprint density at radius 2 is 1.80 bits per heavy atom. The van der Waals surface area contributed by atoms with E-state index >= 15 is 0 Å². The predicted molar refractivity (Wildman–Crippen MR) is 41.1 cm³/mol. The summed E-state index contributed by atoms with van der Waals surface area (Å²) in [6.07, 6.45) is 6.16. The van der Waals surface area contributed by atoms with Crippen molar-refractivity contribution in [2.24, 2.45) is 0 Å². The first-order valence-corrected chi connectivity index (χ1v) is 4.01. The van der Waals surface area contributed by atoms with Gasteiger partial charge in [0.25, 0.3) is 0 Å². The van der Waals surface area contributed by atoms with Gasteiger partial charge in [0, 0.05) is 0 Å². The third-order valence-electron chi connectivity index (χ3n) is 1.51. The molecule has 0 aromatic carbocycles. The van der Waals surface area contributed by atoms with Gasteiger partial charge in [-0.15, -0.1) is 0 Å². The molecule has 1 N–H and O–H groups in total. The van der Waals surface area contributed by atoms with Gasteiger partial charge in [0.15, 0.2) is 0 Å². The van der Waals surface area contributed by atoms with Crippen LogP contribution in [0.4, 0.5) is 0 Å². The molecule has 0 aliphatic carbocycles. The van der Waals surface area contributed by atoms with Crippen molar-refractivity contribution in [3.63, 3.8) is 0 Å². The van der Waals surface area contributed by atoms with Crippen LogP contribution in [-0.2, 0) is 0 Å². The zero-order valence-corrected chi connectivity index (χ0v) is 6.65. The lowest BCUT2D eigenvalue weighted by Crippen LogP contribution is -2.14. The molecule has 0 saturated heterocycles. The quantitative estimate of drug-likeness (QED) is 0.342. The summed E-state index contributed by atoms with van der Waals surface area (Å²) in [6, 6.07) is 0. The van der Waals surface area contributed by atoms with Gasteiger partial charge in [-0.2, -0.15) is 0 Å². The first-order chi connectivity index (χ1) is 4.77. The first kappa shape index (κ1) is 9.47. The summed E-state index contributed by atoms with van der Waals surface area (Å²) >= 11 is 0. The SMILES string of the molecule is CCCCCCCC(=N)[O-]. The molecule has 0 rings (SSSR count). The van der Waals surface area contributed by atoms with E-state index in [1.165, 1.54) is 19.3 Å². The van der Waals surface area contributed by atoms with Crippen molar-refractivity contribution in [3.8, 4) is 0 Å². The number of hydrogen-bond donors (Lipinski definition) is 1. The summed E-state index contributed by atoms with van der Waals surface area (Å²) in [5.74, 6) is -0.420. The molecular formula is C8H16NO-. The Balaban J connectivity index is 2.84. The lowest BCUT2D eigenvalue weighted by molar-refractivity contribution is -0.220. The van der Waals surface area contributed by atoms with Gasteiger partial charge < -0.3 is 10.5 Å². The van der Waals surface area contributed by atoms with Crippen LogP contribution < -0.4 is 5.11 Å². The van der Waals surface area contributed by atoms with Gasteiger partial charge >= 0.3 is 0 Å². The molecule has 0 aliphatic rings. The van der Waals surface area contributed by atoms with E-state index in [0.717, 1.165) is 12.8 Å². The minimum absolute atomic E-state index is 0.420. The minimum Gasteiger partial charge on any atom is -0.862 e. The van der Waals surface area contributed by atoms with E-state index in [4.69, 9.17) is 5.41 Å². The molecule has 10 heavy (non-hydrogen) atoms. The largest absolute Gasteiger partial charge is 0.862 e. The monoisotopic (exact) mass is 142 g/mol. The topological polar surface area (TPSA) is 46.9 Å². The van der Waals surface area contributed by atoms with Crippen LogP contribution in [0.25, 0.3) is 0 Å². The average molecular weight is 142 g/mol. The maximum atomic E-state index is 10.1. The van der Waals surface area contributed by atoms with Crippen molar-refractivity contribution in [1.29, 1.82) is 5.41 Å².